The Morgan fingerprint density at radius 1 is 1.67 bits per heavy atom. The van der Waals surface area contributed by atoms with Crippen molar-refractivity contribution in [3.63, 3.8) is 0 Å². The topological polar surface area (TPSA) is 40.9 Å². The van der Waals surface area contributed by atoms with Gasteiger partial charge in [0.2, 0.25) is 0 Å². The van der Waals surface area contributed by atoms with Gasteiger partial charge in [-0.2, -0.15) is 0 Å². The van der Waals surface area contributed by atoms with Crippen molar-refractivity contribution in [3.8, 4) is 0 Å². The van der Waals surface area contributed by atoms with E-state index in [4.69, 9.17) is 5.41 Å². The third-order valence-electron chi connectivity index (χ3n) is 2.26. The molecular formula is C10H15NO. The molecule has 0 saturated heterocycles. The monoisotopic (exact) mass is 165 g/mol. The Labute approximate surface area is 73.2 Å². The van der Waals surface area contributed by atoms with E-state index in [1.165, 1.54) is 0 Å². The van der Waals surface area contributed by atoms with E-state index in [2.05, 4.69) is 0 Å². The molecule has 0 aromatic heterocycles. The third-order valence-corrected chi connectivity index (χ3v) is 2.26. The van der Waals surface area contributed by atoms with E-state index in [1.54, 1.807) is 6.08 Å². The Kier molecular flexibility index (Phi) is 3.20. The quantitative estimate of drug-likeness (QED) is 0.636. The maximum Gasteiger partial charge on any atom is 0.141 e. The fourth-order valence-electron chi connectivity index (χ4n) is 1.52. The fraction of sp³-hybridized carbons (Fsp3) is 0.600. The highest BCUT2D eigenvalue weighted by Gasteiger charge is 2.19. The predicted octanol–water partition coefficient (Wildman–Crippen LogP) is 2.34. The lowest BCUT2D eigenvalue weighted by Crippen LogP contribution is -2.22. The molecule has 0 aliphatic heterocycles. The molecule has 1 aliphatic rings. The number of ketones is 1. The molecule has 1 atom stereocenters. The lowest BCUT2D eigenvalue weighted by Gasteiger charge is -2.14. The number of allylic oxidation sites excluding steroid dienone is 2. The molecule has 0 amide bonds. The minimum absolute atomic E-state index is 0.137. The van der Waals surface area contributed by atoms with Crippen LogP contribution in [0.1, 0.15) is 32.6 Å². The molecule has 0 saturated carbocycles. The van der Waals surface area contributed by atoms with Gasteiger partial charge in [-0.05, 0) is 25.3 Å². The third kappa shape index (κ3) is 2.03. The van der Waals surface area contributed by atoms with Crippen molar-refractivity contribution >= 4 is 11.5 Å². The van der Waals surface area contributed by atoms with E-state index < -0.39 is 0 Å². The number of rotatable bonds is 1. The van der Waals surface area contributed by atoms with E-state index in [-0.39, 0.29) is 11.7 Å². The van der Waals surface area contributed by atoms with Crippen LogP contribution in [0.3, 0.4) is 0 Å². The van der Waals surface area contributed by atoms with Crippen LogP contribution in [0.15, 0.2) is 12.2 Å². The molecule has 0 heterocycles. The number of carbonyl (C=O) groups is 1. The molecule has 2 nitrogen and oxygen atoms in total. The van der Waals surface area contributed by atoms with E-state index in [1.807, 2.05) is 13.0 Å². The Bertz CT molecular complexity index is 218. The van der Waals surface area contributed by atoms with Gasteiger partial charge in [0.25, 0.3) is 0 Å². The zero-order valence-electron chi connectivity index (χ0n) is 7.47. The zero-order chi connectivity index (χ0) is 8.97. The first-order chi connectivity index (χ1) is 5.75. The summed E-state index contributed by atoms with van der Waals surface area (Å²) >= 11 is 0. The summed E-state index contributed by atoms with van der Waals surface area (Å²) in [6.07, 6.45) is 7.07. The average Bonchev–Trinajstić information content (AvgIpc) is 2.02. The number of nitrogens with one attached hydrogen (secondary N) is 1. The van der Waals surface area contributed by atoms with Crippen LogP contribution in [-0.2, 0) is 4.79 Å². The second kappa shape index (κ2) is 4.19. The molecule has 0 fully saturated rings. The van der Waals surface area contributed by atoms with Crippen LogP contribution in [0.5, 0.6) is 0 Å². The summed E-state index contributed by atoms with van der Waals surface area (Å²) in [5, 5.41) is 7.61. The van der Waals surface area contributed by atoms with Crippen LogP contribution in [0.4, 0.5) is 0 Å². The van der Waals surface area contributed by atoms with Gasteiger partial charge >= 0.3 is 0 Å². The molecule has 2 heteroatoms. The second-order valence-corrected chi connectivity index (χ2v) is 3.18. The average molecular weight is 165 g/mol. The summed E-state index contributed by atoms with van der Waals surface area (Å²) in [5.74, 6) is 0.105. The maximum absolute atomic E-state index is 11.4. The minimum Gasteiger partial charge on any atom is -0.305 e. The molecule has 0 spiro atoms. The predicted molar refractivity (Wildman–Crippen MR) is 49.5 cm³/mol. The van der Waals surface area contributed by atoms with Crippen LogP contribution in [0, 0.1) is 11.3 Å². The molecule has 0 radical (unpaired) electrons. The van der Waals surface area contributed by atoms with Crippen LogP contribution < -0.4 is 0 Å². The summed E-state index contributed by atoms with van der Waals surface area (Å²) in [6, 6.07) is 0. The summed E-state index contributed by atoms with van der Waals surface area (Å²) in [6.45, 7) is 1.96. The molecule has 12 heavy (non-hydrogen) atoms. The van der Waals surface area contributed by atoms with Crippen LogP contribution in [-0.4, -0.2) is 11.5 Å². The van der Waals surface area contributed by atoms with Gasteiger partial charge in [-0.1, -0.05) is 13.0 Å². The summed E-state index contributed by atoms with van der Waals surface area (Å²) in [5.41, 5.74) is 0.488. The molecule has 0 aromatic carbocycles. The van der Waals surface area contributed by atoms with Crippen molar-refractivity contribution in [1.29, 1.82) is 5.41 Å². The standard InChI is InChI=1S/C10H15NO/c1-2-8-9(11)6-4-3-5-7-10(8)12/h4,6,8,11H,2-3,5,7H2,1H3/b6-4-,11-9?. The highest BCUT2D eigenvalue weighted by atomic mass is 16.1. The van der Waals surface area contributed by atoms with E-state index in [9.17, 15) is 4.79 Å². The van der Waals surface area contributed by atoms with Gasteiger partial charge in [0.1, 0.15) is 5.78 Å². The lowest BCUT2D eigenvalue weighted by atomic mass is 9.90. The Morgan fingerprint density at radius 2 is 2.42 bits per heavy atom. The molecule has 1 rings (SSSR count). The van der Waals surface area contributed by atoms with Gasteiger partial charge in [0.05, 0.1) is 5.92 Å². The Balaban J connectivity index is 2.75. The molecule has 0 aromatic rings. The molecule has 0 bridgehead atoms. The van der Waals surface area contributed by atoms with Gasteiger partial charge < -0.3 is 5.41 Å². The Morgan fingerprint density at radius 3 is 3.08 bits per heavy atom. The second-order valence-electron chi connectivity index (χ2n) is 3.18. The van der Waals surface area contributed by atoms with Gasteiger partial charge in [0, 0.05) is 12.1 Å². The first kappa shape index (κ1) is 9.17. The molecular weight excluding hydrogens is 150 g/mol. The van der Waals surface area contributed by atoms with Gasteiger partial charge in [-0.15, -0.1) is 0 Å². The van der Waals surface area contributed by atoms with Gasteiger partial charge in [0.15, 0.2) is 0 Å². The zero-order valence-corrected chi connectivity index (χ0v) is 7.47. The van der Waals surface area contributed by atoms with Crippen molar-refractivity contribution in [2.24, 2.45) is 5.92 Å². The summed E-state index contributed by atoms with van der Waals surface area (Å²) in [7, 11) is 0. The number of hydrogen-bond acceptors (Lipinski definition) is 2. The maximum atomic E-state index is 11.4. The fourth-order valence-corrected chi connectivity index (χ4v) is 1.52. The number of hydrogen-bond donors (Lipinski definition) is 1. The number of Topliss-reactive ketones (excluding diaryl/α,β-unsaturated/α-hetero) is 1. The first-order valence-corrected chi connectivity index (χ1v) is 4.53. The van der Waals surface area contributed by atoms with Crippen LogP contribution in [0.2, 0.25) is 0 Å². The lowest BCUT2D eigenvalue weighted by molar-refractivity contribution is -0.121. The summed E-state index contributed by atoms with van der Waals surface area (Å²) < 4.78 is 0. The highest BCUT2D eigenvalue weighted by molar-refractivity contribution is 6.09. The Hall–Kier alpha value is -0.920. The molecule has 66 valence electrons. The van der Waals surface area contributed by atoms with Crippen molar-refractivity contribution in [1.82, 2.24) is 0 Å². The van der Waals surface area contributed by atoms with Crippen molar-refractivity contribution in [3.05, 3.63) is 12.2 Å². The first-order valence-electron chi connectivity index (χ1n) is 4.53. The van der Waals surface area contributed by atoms with E-state index in [0.29, 0.717) is 12.1 Å². The SMILES string of the molecule is CCC1C(=N)/C=C\CCCC1=O. The van der Waals surface area contributed by atoms with Crippen molar-refractivity contribution < 1.29 is 4.79 Å². The minimum atomic E-state index is -0.137. The molecule has 1 N–H and O–H groups in total. The van der Waals surface area contributed by atoms with Crippen molar-refractivity contribution in [2.75, 3.05) is 0 Å². The van der Waals surface area contributed by atoms with Crippen molar-refractivity contribution in [2.45, 2.75) is 32.6 Å². The smallest absolute Gasteiger partial charge is 0.141 e. The molecule has 1 aliphatic carbocycles. The van der Waals surface area contributed by atoms with Gasteiger partial charge in [-0.3, -0.25) is 4.79 Å². The summed E-state index contributed by atoms with van der Waals surface area (Å²) in [4.78, 5) is 11.4. The highest BCUT2D eigenvalue weighted by Crippen LogP contribution is 2.15. The van der Waals surface area contributed by atoms with E-state index in [0.717, 1.165) is 19.3 Å². The normalized spacial score (nSPS) is 27.9. The van der Waals surface area contributed by atoms with Gasteiger partial charge in [-0.25, -0.2) is 0 Å². The molecule has 1 unspecified atom stereocenters. The van der Waals surface area contributed by atoms with Crippen LogP contribution >= 0.6 is 0 Å². The van der Waals surface area contributed by atoms with E-state index >= 15 is 0 Å². The van der Waals surface area contributed by atoms with Crippen LogP contribution in [0.25, 0.3) is 0 Å². The largest absolute Gasteiger partial charge is 0.305 e. The number of carbonyl (C=O) groups excluding carboxylic acids is 1.